The third kappa shape index (κ3) is 3.85. The molecule has 0 amide bonds. The van der Waals surface area contributed by atoms with Crippen molar-refractivity contribution in [2.75, 3.05) is 0 Å². The lowest BCUT2D eigenvalue weighted by molar-refractivity contribution is 0.538. The van der Waals surface area contributed by atoms with Gasteiger partial charge in [-0.05, 0) is 19.3 Å². The van der Waals surface area contributed by atoms with Crippen molar-refractivity contribution in [1.29, 1.82) is 0 Å². The molecule has 0 aromatic rings. The second-order valence-electron chi connectivity index (χ2n) is 3.03. The third-order valence-electron chi connectivity index (χ3n) is 1.36. The highest BCUT2D eigenvalue weighted by atomic mass is 32.2. The lowest BCUT2D eigenvalue weighted by Crippen LogP contribution is -2.26. The van der Waals surface area contributed by atoms with Gasteiger partial charge in [-0.15, -0.1) is 0 Å². The third-order valence-corrected chi connectivity index (χ3v) is 2.68. The minimum absolute atomic E-state index is 0.383. The highest BCUT2D eigenvalue weighted by Crippen LogP contribution is 2.08. The Morgan fingerprint density at radius 2 is 1.70 bits per heavy atom. The number of sulfonamides is 1. The van der Waals surface area contributed by atoms with Gasteiger partial charge in [-0.25, -0.2) is 13.6 Å². The topological polar surface area (TPSA) is 60.2 Å². The fourth-order valence-electron chi connectivity index (χ4n) is 0.798. The fraction of sp³-hybridized carbons (Fsp3) is 1.00. The Balaban J connectivity index is 3.99. The summed E-state index contributed by atoms with van der Waals surface area (Å²) in [4.78, 5) is 0. The van der Waals surface area contributed by atoms with Crippen LogP contribution in [0.15, 0.2) is 0 Å². The van der Waals surface area contributed by atoms with Crippen LogP contribution in [-0.2, 0) is 10.0 Å². The zero-order valence-electron chi connectivity index (χ0n) is 6.66. The molecule has 10 heavy (non-hydrogen) atoms. The van der Waals surface area contributed by atoms with Gasteiger partial charge in [0.15, 0.2) is 0 Å². The van der Waals surface area contributed by atoms with E-state index in [9.17, 15) is 8.42 Å². The molecule has 0 aliphatic rings. The van der Waals surface area contributed by atoms with E-state index in [2.05, 4.69) is 0 Å². The van der Waals surface area contributed by atoms with Crippen molar-refractivity contribution in [2.24, 2.45) is 11.1 Å². The van der Waals surface area contributed by atoms with Gasteiger partial charge >= 0.3 is 0 Å². The standard InChI is InChI=1S/C6H15NO2S/c1-5(2)4-6(3)10(7,8)9/h5-6H,4H2,1-3H3,(H2,7,8,9)/t6-/m1/s1. The van der Waals surface area contributed by atoms with Crippen LogP contribution in [0.1, 0.15) is 27.2 Å². The van der Waals surface area contributed by atoms with Gasteiger partial charge in [0.2, 0.25) is 10.0 Å². The molecular weight excluding hydrogens is 150 g/mol. The van der Waals surface area contributed by atoms with Crippen molar-refractivity contribution >= 4 is 10.0 Å². The van der Waals surface area contributed by atoms with Gasteiger partial charge in [-0.1, -0.05) is 13.8 Å². The Kier molecular flexibility index (Phi) is 3.31. The zero-order valence-corrected chi connectivity index (χ0v) is 7.48. The molecule has 0 saturated heterocycles. The molecule has 62 valence electrons. The first kappa shape index (κ1) is 9.91. The quantitative estimate of drug-likeness (QED) is 0.669. The lowest BCUT2D eigenvalue weighted by Gasteiger charge is -2.10. The van der Waals surface area contributed by atoms with E-state index in [4.69, 9.17) is 5.14 Å². The van der Waals surface area contributed by atoms with Gasteiger partial charge in [0.25, 0.3) is 0 Å². The monoisotopic (exact) mass is 165 g/mol. The van der Waals surface area contributed by atoms with Crippen LogP contribution in [0.2, 0.25) is 0 Å². The largest absolute Gasteiger partial charge is 0.228 e. The molecule has 0 heterocycles. The van der Waals surface area contributed by atoms with Crippen LogP contribution < -0.4 is 5.14 Å². The minimum atomic E-state index is -3.30. The summed E-state index contributed by atoms with van der Waals surface area (Å²) < 4.78 is 21.3. The molecule has 0 spiro atoms. The second-order valence-corrected chi connectivity index (χ2v) is 5.01. The van der Waals surface area contributed by atoms with Gasteiger partial charge < -0.3 is 0 Å². The van der Waals surface area contributed by atoms with Crippen LogP contribution in [0.4, 0.5) is 0 Å². The van der Waals surface area contributed by atoms with E-state index in [1.807, 2.05) is 13.8 Å². The highest BCUT2D eigenvalue weighted by Gasteiger charge is 2.15. The maximum Gasteiger partial charge on any atom is 0.211 e. The van der Waals surface area contributed by atoms with E-state index in [0.29, 0.717) is 12.3 Å². The number of hydrogen-bond acceptors (Lipinski definition) is 2. The first-order valence-corrected chi connectivity index (χ1v) is 4.96. The van der Waals surface area contributed by atoms with Crippen LogP contribution in [0.25, 0.3) is 0 Å². The Hall–Kier alpha value is -0.0900. The predicted molar refractivity (Wildman–Crippen MR) is 42.0 cm³/mol. The van der Waals surface area contributed by atoms with E-state index in [0.717, 1.165) is 0 Å². The molecule has 0 aliphatic heterocycles. The number of nitrogens with two attached hydrogens (primary N) is 1. The Labute approximate surface area is 62.7 Å². The Morgan fingerprint density at radius 3 is 1.80 bits per heavy atom. The molecule has 4 heteroatoms. The number of primary sulfonamides is 1. The van der Waals surface area contributed by atoms with Crippen LogP contribution >= 0.6 is 0 Å². The molecule has 0 rings (SSSR count). The van der Waals surface area contributed by atoms with Crippen molar-refractivity contribution in [3.05, 3.63) is 0 Å². The molecule has 2 N–H and O–H groups in total. The molecule has 0 unspecified atom stereocenters. The van der Waals surface area contributed by atoms with Gasteiger partial charge in [-0.2, -0.15) is 0 Å². The normalized spacial score (nSPS) is 15.7. The maximum atomic E-state index is 10.6. The first-order valence-electron chi connectivity index (χ1n) is 3.35. The van der Waals surface area contributed by atoms with E-state index in [-0.39, 0.29) is 0 Å². The number of hydrogen-bond donors (Lipinski definition) is 1. The average Bonchev–Trinajstić information content (AvgIpc) is 1.60. The van der Waals surface area contributed by atoms with Gasteiger partial charge in [-0.3, -0.25) is 0 Å². The Morgan fingerprint density at radius 1 is 1.30 bits per heavy atom. The molecule has 0 bridgehead atoms. The minimum Gasteiger partial charge on any atom is -0.228 e. The summed E-state index contributed by atoms with van der Waals surface area (Å²) in [6.45, 7) is 5.58. The summed E-state index contributed by atoms with van der Waals surface area (Å²) >= 11 is 0. The van der Waals surface area contributed by atoms with Crippen LogP contribution in [0.5, 0.6) is 0 Å². The molecule has 0 radical (unpaired) electrons. The Bertz CT molecular complexity index is 184. The van der Waals surface area contributed by atoms with Gasteiger partial charge in [0.05, 0.1) is 5.25 Å². The lowest BCUT2D eigenvalue weighted by atomic mass is 10.1. The molecule has 0 aromatic carbocycles. The summed E-state index contributed by atoms with van der Waals surface area (Å²) in [5, 5.41) is 4.49. The van der Waals surface area contributed by atoms with E-state index in [1.165, 1.54) is 0 Å². The molecule has 3 nitrogen and oxygen atoms in total. The highest BCUT2D eigenvalue weighted by molar-refractivity contribution is 7.89. The van der Waals surface area contributed by atoms with Crippen molar-refractivity contribution in [2.45, 2.75) is 32.4 Å². The molecule has 0 fully saturated rings. The van der Waals surface area contributed by atoms with Crippen molar-refractivity contribution in [1.82, 2.24) is 0 Å². The zero-order chi connectivity index (χ0) is 8.36. The fourth-order valence-corrected chi connectivity index (χ4v) is 1.45. The summed E-state index contributed by atoms with van der Waals surface area (Å²) in [5.41, 5.74) is 0. The maximum absolute atomic E-state index is 10.6. The SMILES string of the molecule is CC(C)C[C@@H](C)S(N)(=O)=O. The molecule has 0 saturated carbocycles. The molecule has 1 atom stereocenters. The second kappa shape index (κ2) is 3.34. The molecule has 0 aliphatic carbocycles. The van der Waals surface area contributed by atoms with Crippen molar-refractivity contribution < 1.29 is 8.42 Å². The molecular formula is C6H15NO2S. The van der Waals surface area contributed by atoms with E-state index >= 15 is 0 Å². The molecule has 0 aromatic heterocycles. The average molecular weight is 165 g/mol. The van der Waals surface area contributed by atoms with Crippen LogP contribution in [0.3, 0.4) is 0 Å². The summed E-state index contributed by atoms with van der Waals surface area (Å²) in [6, 6.07) is 0. The van der Waals surface area contributed by atoms with E-state index < -0.39 is 15.3 Å². The van der Waals surface area contributed by atoms with Gasteiger partial charge in [0, 0.05) is 0 Å². The van der Waals surface area contributed by atoms with Crippen LogP contribution in [-0.4, -0.2) is 13.7 Å². The summed E-state index contributed by atoms with van der Waals surface area (Å²) in [7, 11) is -3.30. The number of rotatable bonds is 3. The smallest absolute Gasteiger partial charge is 0.211 e. The van der Waals surface area contributed by atoms with E-state index in [1.54, 1.807) is 6.92 Å². The predicted octanol–water partition coefficient (Wildman–Crippen LogP) is 0.710. The summed E-state index contributed by atoms with van der Waals surface area (Å²) in [5.74, 6) is 0.383. The van der Waals surface area contributed by atoms with Crippen molar-refractivity contribution in [3.63, 3.8) is 0 Å². The summed E-state index contributed by atoms with van der Waals surface area (Å²) in [6.07, 6.45) is 0.638. The van der Waals surface area contributed by atoms with Crippen LogP contribution in [0, 0.1) is 5.92 Å². The first-order chi connectivity index (χ1) is 4.34. The van der Waals surface area contributed by atoms with Gasteiger partial charge in [0.1, 0.15) is 0 Å². The van der Waals surface area contributed by atoms with Crippen molar-refractivity contribution in [3.8, 4) is 0 Å².